The van der Waals surface area contributed by atoms with Gasteiger partial charge in [0.05, 0.1) is 21.3 Å². The van der Waals surface area contributed by atoms with Gasteiger partial charge in [-0.15, -0.1) is 0 Å². The number of halogens is 1. The van der Waals surface area contributed by atoms with E-state index in [4.69, 9.17) is 42.4 Å². The Labute approximate surface area is 212 Å². The third-order valence-electron chi connectivity index (χ3n) is 5.11. The highest BCUT2D eigenvalue weighted by molar-refractivity contribution is 7.80. The summed E-state index contributed by atoms with van der Waals surface area (Å²) in [5.41, 5.74) is 3.29. The van der Waals surface area contributed by atoms with Crippen molar-refractivity contribution in [1.29, 1.82) is 0 Å². The van der Waals surface area contributed by atoms with Crippen LogP contribution in [0.1, 0.15) is 21.8 Å². The van der Waals surface area contributed by atoms with E-state index < -0.39 is 5.91 Å². The average molecular weight is 512 g/mol. The second-order valence-electron chi connectivity index (χ2n) is 7.42. The van der Waals surface area contributed by atoms with Crippen LogP contribution in [0, 0.1) is 0 Å². The van der Waals surface area contributed by atoms with Crippen LogP contribution >= 0.6 is 23.8 Å². The summed E-state index contributed by atoms with van der Waals surface area (Å²) >= 11 is 11.3. The number of hydrogen-bond acceptors (Lipinski definition) is 7. The van der Waals surface area contributed by atoms with E-state index in [9.17, 15) is 4.79 Å². The van der Waals surface area contributed by atoms with Gasteiger partial charge in [-0.05, 0) is 60.2 Å². The third kappa shape index (κ3) is 5.64. The van der Waals surface area contributed by atoms with Gasteiger partial charge in [-0.3, -0.25) is 10.1 Å². The molecule has 0 fully saturated rings. The molecule has 0 aliphatic carbocycles. The molecule has 0 saturated heterocycles. The minimum Gasteiger partial charge on any atom is -0.493 e. The van der Waals surface area contributed by atoms with Crippen molar-refractivity contribution in [2.24, 2.45) is 0 Å². The van der Waals surface area contributed by atoms with E-state index in [0.717, 1.165) is 5.56 Å². The maximum absolute atomic E-state index is 12.8. The van der Waals surface area contributed by atoms with Crippen LogP contribution in [0.25, 0.3) is 11.1 Å². The van der Waals surface area contributed by atoms with E-state index in [2.05, 4.69) is 15.6 Å². The summed E-state index contributed by atoms with van der Waals surface area (Å²) in [5, 5.41) is 6.44. The zero-order valence-corrected chi connectivity index (χ0v) is 20.8. The molecule has 4 aromatic rings. The number of oxazole rings is 1. The molecule has 0 atom stereocenters. The predicted octanol–water partition coefficient (Wildman–Crippen LogP) is 5.22. The Morgan fingerprint density at radius 2 is 1.69 bits per heavy atom. The molecular weight excluding hydrogens is 490 g/mol. The van der Waals surface area contributed by atoms with E-state index >= 15 is 0 Å². The van der Waals surface area contributed by atoms with E-state index in [-0.39, 0.29) is 5.11 Å². The third-order valence-corrected chi connectivity index (χ3v) is 5.57. The summed E-state index contributed by atoms with van der Waals surface area (Å²) in [4.78, 5) is 17.3. The van der Waals surface area contributed by atoms with Gasteiger partial charge in [-0.25, -0.2) is 4.98 Å². The smallest absolute Gasteiger partial charge is 0.257 e. The molecule has 180 valence electrons. The van der Waals surface area contributed by atoms with Gasteiger partial charge in [0.2, 0.25) is 5.75 Å². The number of carbonyl (C=O) groups excluding carboxylic acids is 1. The fourth-order valence-electron chi connectivity index (χ4n) is 3.46. The lowest BCUT2D eigenvalue weighted by atomic mass is 10.1. The number of amides is 1. The quantitative estimate of drug-likeness (QED) is 0.326. The molecule has 1 amide bonds. The molecule has 0 saturated carbocycles. The number of nitrogens with zero attached hydrogens (tertiary/aromatic N) is 1. The molecule has 1 aromatic heterocycles. The number of aromatic nitrogens is 1. The van der Waals surface area contributed by atoms with E-state index in [0.29, 0.717) is 56.9 Å². The van der Waals surface area contributed by atoms with E-state index in [1.165, 1.54) is 21.3 Å². The first kappa shape index (κ1) is 24.3. The van der Waals surface area contributed by atoms with Crippen molar-refractivity contribution in [3.63, 3.8) is 0 Å². The highest BCUT2D eigenvalue weighted by atomic mass is 35.5. The molecule has 4 rings (SSSR count). The first-order valence-electron chi connectivity index (χ1n) is 10.5. The van der Waals surface area contributed by atoms with Crippen molar-refractivity contribution in [3.05, 3.63) is 76.6 Å². The van der Waals surface area contributed by atoms with Crippen molar-refractivity contribution < 1.29 is 23.4 Å². The Morgan fingerprint density at radius 3 is 2.31 bits per heavy atom. The average Bonchev–Trinajstić information content (AvgIpc) is 3.25. The second kappa shape index (κ2) is 10.6. The number of hydrogen-bond donors (Lipinski definition) is 2. The molecule has 2 N–H and O–H groups in total. The van der Waals surface area contributed by atoms with Crippen molar-refractivity contribution in [2.45, 2.75) is 6.42 Å². The molecular formula is C25H22ClN3O5S. The van der Waals surface area contributed by atoms with Crippen molar-refractivity contribution in [2.75, 3.05) is 26.6 Å². The van der Waals surface area contributed by atoms with Gasteiger partial charge in [0.25, 0.3) is 5.91 Å². The Kier molecular flexibility index (Phi) is 7.38. The van der Waals surface area contributed by atoms with Gasteiger partial charge in [-0.1, -0.05) is 23.7 Å². The lowest BCUT2D eigenvalue weighted by Crippen LogP contribution is -2.34. The lowest BCUT2D eigenvalue weighted by Gasteiger charge is -2.14. The Balaban J connectivity index is 1.45. The number of rotatable bonds is 7. The number of ether oxygens (including phenoxy) is 3. The molecule has 0 spiro atoms. The summed E-state index contributed by atoms with van der Waals surface area (Å²) < 4.78 is 21.7. The highest BCUT2D eigenvalue weighted by Gasteiger charge is 2.18. The minimum absolute atomic E-state index is 0.119. The first-order chi connectivity index (χ1) is 16.9. The minimum atomic E-state index is -0.436. The van der Waals surface area contributed by atoms with Crippen LogP contribution in [0.3, 0.4) is 0 Å². The molecule has 10 heteroatoms. The van der Waals surface area contributed by atoms with Gasteiger partial charge in [-0.2, -0.15) is 0 Å². The molecule has 1 heterocycles. The summed E-state index contributed by atoms with van der Waals surface area (Å²) in [5.74, 6) is 1.26. The Bertz CT molecular complexity index is 1360. The molecule has 0 bridgehead atoms. The Hall–Kier alpha value is -3.82. The van der Waals surface area contributed by atoms with Gasteiger partial charge in [0.1, 0.15) is 5.52 Å². The van der Waals surface area contributed by atoms with Crippen molar-refractivity contribution >= 4 is 51.6 Å². The zero-order chi connectivity index (χ0) is 24.9. The summed E-state index contributed by atoms with van der Waals surface area (Å²) in [6.45, 7) is 0. The number of fused-ring (bicyclic) bond motifs is 1. The van der Waals surface area contributed by atoms with E-state index in [1.807, 2.05) is 24.3 Å². The molecule has 35 heavy (non-hydrogen) atoms. The molecule has 0 aliphatic heterocycles. The van der Waals surface area contributed by atoms with E-state index in [1.54, 1.807) is 30.3 Å². The Morgan fingerprint density at radius 1 is 1.00 bits per heavy atom. The van der Waals surface area contributed by atoms with Gasteiger partial charge >= 0.3 is 0 Å². The summed E-state index contributed by atoms with van der Waals surface area (Å²) in [6, 6.07) is 16.0. The van der Waals surface area contributed by atoms with Crippen LogP contribution in [-0.4, -0.2) is 37.3 Å². The van der Waals surface area contributed by atoms with Crippen LogP contribution in [0.15, 0.2) is 59.0 Å². The highest BCUT2D eigenvalue weighted by Crippen LogP contribution is 2.38. The summed E-state index contributed by atoms with van der Waals surface area (Å²) in [7, 11) is 4.45. The number of benzene rings is 3. The molecule has 0 aliphatic rings. The predicted molar refractivity (Wildman–Crippen MR) is 138 cm³/mol. The molecule has 3 aromatic carbocycles. The fraction of sp³-hybridized carbons (Fsp3) is 0.160. The number of anilines is 1. The van der Waals surface area contributed by atoms with Gasteiger partial charge in [0.15, 0.2) is 28.1 Å². The monoisotopic (exact) mass is 511 g/mol. The van der Waals surface area contributed by atoms with Crippen LogP contribution in [0.5, 0.6) is 17.2 Å². The number of nitrogens with one attached hydrogen (secondary N) is 2. The summed E-state index contributed by atoms with van der Waals surface area (Å²) in [6.07, 6.45) is 0.540. The van der Waals surface area contributed by atoms with Gasteiger partial charge in [0, 0.05) is 22.7 Å². The standard InChI is InChI=1S/C25H22ClN3O5S/c1-31-20-11-15(12-21(32-2)23(20)33-3)24(30)29-25(35)27-17-8-9-19-18(13-17)28-22(34-19)10-14-4-6-16(26)7-5-14/h4-9,11-13H,10H2,1-3H3,(H2,27,29,30,35). The lowest BCUT2D eigenvalue weighted by molar-refractivity contribution is 0.0977. The maximum Gasteiger partial charge on any atom is 0.257 e. The van der Waals surface area contributed by atoms with Gasteiger partial charge < -0.3 is 23.9 Å². The molecule has 0 unspecified atom stereocenters. The molecule has 0 radical (unpaired) electrons. The van der Waals surface area contributed by atoms with Crippen molar-refractivity contribution in [1.82, 2.24) is 10.3 Å². The fourth-order valence-corrected chi connectivity index (χ4v) is 3.79. The maximum atomic E-state index is 12.8. The number of thiocarbonyl (C=S) groups is 1. The van der Waals surface area contributed by atoms with Crippen LogP contribution in [0.2, 0.25) is 5.02 Å². The zero-order valence-electron chi connectivity index (χ0n) is 19.2. The number of carbonyl (C=O) groups is 1. The normalized spacial score (nSPS) is 10.6. The van der Waals surface area contributed by atoms with Crippen LogP contribution in [-0.2, 0) is 6.42 Å². The largest absolute Gasteiger partial charge is 0.493 e. The molecule has 8 nitrogen and oxygen atoms in total. The van der Waals surface area contributed by atoms with Crippen LogP contribution in [0.4, 0.5) is 5.69 Å². The first-order valence-corrected chi connectivity index (χ1v) is 11.2. The van der Waals surface area contributed by atoms with Crippen LogP contribution < -0.4 is 24.8 Å². The second-order valence-corrected chi connectivity index (χ2v) is 8.26. The topological polar surface area (TPSA) is 94.9 Å². The number of methoxy groups -OCH3 is 3. The SMILES string of the molecule is COc1cc(C(=O)NC(=S)Nc2ccc3oc(Cc4ccc(Cl)cc4)nc3c2)cc(OC)c1OC. The van der Waals surface area contributed by atoms with Crippen molar-refractivity contribution in [3.8, 4) is 17.2 Å².